The summed E-state index contributed by atoms with van der Waals surface area (Å²) in [5.41, 5.74) is 5.93. The van der Waals surface area contributed by atoms with Crippen LogP contribution < -0.4 is 0 Å². The minimum Gasteiger partial charge on any atom is -0.256 e. The first-order valence-electron chi connectivity index (χ1n) is 13.0. The van der Waals surface area contributed by atoms with Crippen molar-refractivity contribution >= 4 is 21.5 Å². The van der Waals surface area contributed by atoms with Crippen LogP contribution in [-0.2, 0) is 0 Å². The molecular formula is C32H35N. The molecule has 0 N–H and O–H groups in total. The van der Waals surface area contributed by atoms with Crippen molar-refractivity contribution < 1.29 is 0 Å². The van der Waals surface area contributed by atoms with Crippen molar-refractivity contribution in [3.8, 4) is 11.3 Å². The number of fused-ring (bicyclic) bond motifs is 2. The topological polar surface area (TPSA) is 12.9 Å². The zero-order chi connectivity index (χ0) is 22.4. The number of hydrogen-bond donors (Lipinski definition) is 0. The van der Waals surface area contributed by atoms with E-state index in [0.717, 1.165) is 11.6 Å². The van der Waals surface area contributed by atoms with Crippen LogP contribution in [-0.4, -0.2) is 4.98 Å². The second kappa shape index (κ2) is 8.28. The Labute approximate surface area is 198 Å². The first kappa shape index (κ1) is 20.9. The van der Waals surface area contributed by atoms with Crippen molar-refractivity contribution in [3.05, 3.63) is 78.0 Å². The van der Waals surface area contributed by atoms with Gasteiger partial charge in [-0.25, -0.2) is 0 Å². The third-order valence-corrected chi connectivity index (χ3v) is 8.56. The van der Waals surface area contributed by atoms with Gasteiger partial charge in [0.05, 0.1) is 5.69 Å². The van der Waals surface area contributed by atoms with Crippen LogP contribution in [0.15, 0.2) is 66.9 Å². The van der Waals surface area contributed by atoms with E-state index in [1.807, 2.05) is 6.20 Å². The summed E-state index contributed by atoms with van der Waals surface area (Å²) in [7, 11) is 0. The van der Waals surface area contributed by atoms with Gasteiger partial charge < -0.3 is 0 Å². The summed E-state index contributed by atoms with van der Waals surface area (Å²) < 4.78 is 0. The van der Waals surface area contributed by atoms with Crippen molar-refractivity contribution in [3.63, 3.8) is 0 Å². The molecule has 2 aliphatic carbocycles. The maximum absolute atomic E-state index is 4.92. The zero-order valence-electron chi connectivity index (χ0n) is 20.1. The second-order valence-electron chi connectivity index (χ2n) is 11.3. The van der Waals surface area contributed by atoms with Gasteiger partial charge in [0.25, 0.3) is 0 Å². The van der Waals surface area contributed by atoms with Crippen LogP contribution in [0, 0.1) is 5.41 Å². The Morgan fingerprint density at radius 3 is 2.30 bits per heavy atom. The zero-order valence-corrected chi connectivity index (χ0v) is 20.1. The van der Waals surface area contributed by atoms with E-state index in [0.29, 0.717) is 11.3 Å². The second-order valence-corrected chi connectivity index (χ2v) is 11.3. The highest BCUT2D eigenvalue weighted by Gasteiger charge is 2.29. The van der Waals surface area contributed by atoms with Gasteiger partial charge in [0, 0.05) is 17.1 Å². The monoisotopic (exact) mass is 433 g/mol. The highest BCUT2D eigenvalue weighted by molar-refractivity contribution is 5.98. The van der Waals surface area contributed by atoms with Gasteiger partial charge in [-0.1, -0.05) is 69.2 Å². The molecule has 0 aliphatic heterocycles. The van der Waals surface area contributed by atoms with E-state index >= 15 is 0 Å². The lowest BCUT2D eigenvalue weighted by molar-refractivity contribution is 0.225. The van der Waals surface area contributed by atoms with E-state index in [4.69, 9.17) is 4.98 Å². The van der Waals surface area contributed by atoms with Gasteiger partial charge in [0.2, 0.25) is 0 Å². The summed E-state index contributed by atoms with van der Waals surface area (Å²) in [4.78, 5) is 4.92. The van der Waals surface area contributed by atoms with Crippen LogP contribution in [0.5, 0.6) is 0 Å². The van der Waals surface area contributed by atoms with E-state index in [9.17, 15) is 0 Å². The standard InChI is InChI=1S/C32H35N/c1-32(2)16-13-23(14-17-32)30-21-27(20-25-9-5-6-10-28(25)30)31-29-12-11-24(22-7-3-4-8-22)19-26(29)15-18-33-31/h5-6,9-12,15,18-23H,3-4,7-8,13-14,16-17H2,1-2H3. The molecule has 2 saturated carbocycles. The molecule has 0 spiro atoms. The Hall–Kier alpha value is -2.67. The normalized spacial score (nSPS) is 19.5. The fourth-order valence-corrected chi connectivity index (χ4v) is 6.46. The summed E-state index contributed by atoms with van der Waals surface area (Å²) in [5.74, 6) is 1.39. The Bertz CT molecular complexity index is 1300. The molecule has 0 amide bonds. The highest BCUT2D eigenvalue weighted by Crippen LogP contribution is 2.45. The number of nitrogens with zero attached hydrogens (tertiary/aromatic N) is 1. The Kier molecular flexibility index (Phi) is 5.24. The smallest absolute Gasteiger partial charge is 0.0780 e. The van der Waals surface area contributed by atoms with Crippen molar-refractivity contribution in [1.82, 2.24) is 4.98 Å². The predicted molar refractivity (Wildman–Crippen MR) is 141 cm³/mol. The number of aromatic nitrogens is 1. The molecule has 168 valence electrons. The summed E-state index contributed by atoms with van der Waals surface area (Å²) in [5, 5.41) is 5.38. The fraction of sp³-hybridized carbons (Fsp3) is 0.406. The molecule has 0 saturated heterocycles. The quantitative estimate of drug-likeness (QED) is 0.313. The Balaban J connectivity index is 1.46. The number of pyridine rings is 1. The maximum atomic E-state index is 4.92. The van der Waals surface area contributed by atoms with E-state index < -0.39 is 0 Å². The van der Waals surface area contributed by atoms with Gasteiger partial charge >= 0.3 is 0 Å². The SMILES string of the molecule is CC1(C)CCC(c2cc(-c3nccc4cc(C5CCCC5)ccc34)cc3ccccc23)CC1. The van der Waals surface area contributed by atoms with Gasteiger partial charge in [-0.15, -0.1) is 0 Å². The predicted octanol–water partition coefficient (Wildman–Crippen LogP) is 9.40. The van der Waals surface area contributed by atoms with Crippen molar-refractivity contribution in [2.24, 2.45) is 5.41 Å². The third-order valence-electron chi connectivity index (χ3n) is 8.56. The van der Waals surface area contributed by atoms with Crippen molar-refractivity contribution in [1.29, 1.82) is 0 Å². The van der Waals surface area contributed by atoms with Gasteiger partial charge in [0.15, 0.2) is 0 Å². The summed E-state index contributed by atoms with van der Waals surface area (Å²) >= 11 is 0. The summed E-state index contributed by atoms with van der Waals surface area (Å²) in [6, 6.07) is 23.1. The van der Waals surface area contributed by atoms with Crippen LogP contribution in [0.4, 0.5) is 0 Å². The van der Waals surface area contributed by atoms with Crippen LogP contribution in [0.2, 0.25) is 0 Å². The largest absolute Gasteiger partial charge is 0.256 e. The Morgan fingerprint density at radius 1 is 0.727 bits per heavy atom. The Morgan fingerprint density at radius 2 is 1.48 bits per heavy atom. The molecule has 0 unspecified atom stereocenters. The first-order valence-corrected chi connectivity index (χ1v) is 13.0. The van der Waals surface area contributed by atoms with Crippen LogP contribution in [0.3, 0.4) is 0 Å². The van der Waals surface area contributed by atoms with Crippen molar-refractivity contribution in [2.75, 3.05) is 0 Å². The first-order chi connectivity index (χ1) is 16.1. The lowest BCUT2D eigenvalue weighted by Gasteiger charge is -2.35. The molecule has 2 fully saturated rings. The molecule has 1 nitrogen and oxygen atoms in total. The molecule has 3 aromatic carbocycles. The van der Waals surface area contributed by atoms with E-state index in [-0.39, 0.29) is 0 Å². The average molecular weight is 434 g/mol. The molecular weight excluding hydrogens is 398 g/mol. The van der Waals surface area contributed by atoms with Gasteiger partial charge in [0.1, 0.15) is 0 Å². The van der Waals surface area contributed by atoms with Gasteiger partial charge in [-0.05, 0) is 101 Å². The summed E-state index contributed by atoms with van der Waals surface area (Å²) in [6.07, 6.45) is 12.6. The lowest BCUT2D eigenvalue weighted by Crippen LogP contribution is -2.20. The molecule has 1 heteroatoms. The van der Waals surface area contributed by atoms with Gasteiger partial charge in [-0.2, -0.15) is 0 Å². The maximum Gasteiger partial charge on any atom is 0.0780 e. The molecule has 6 rings (SSSR count). The van der Waals surface area contributed by atoms with Crippen LogP contribution in [0.1, 0.15) is 88.2 Å². The minimum absolute atomic E-state index is 0.484. The van der Waals surface area contributed by atoms with E-state index in [2.05, 4.69) is 74.5 Å². The summed E-state index contributed by atoms with van der Waals surface area (Å²) in [6.45, 7) is 4.86. The van der Waals surface area contributed by atoms with Crippen LogP contribution in [0.25, 0.3) is 32.8 Å². The van der Waals surface area contributed by atoms with E-state index in [1.54, 1.807) is 0 Å². The molecule has 2 aliphatic rings. The number of benzene rings is 3. The van der Waals surface area contributed by atoms with Crippen LogP contribution >= 0.6 is 0 Å². The highest BCUT2D eigenvalue weighted by atomic mass is 14.7. The van der Waals surface area contributed by atoms with Crippen molar-refractivity contribution in [2.45, 2.75) is 77.0 Å². The molecule has 0 radical (unpaired) electrons. The van der Waals surface area contributed by atoms with Gasteiger partial charge in [-0.3, -0.25) is 4.98 Å². The number of hydrogen-bond acceptors (Lipinski definition) is 1. The minimum atomic E-state index is 0.484. The molecule has 0 atom stereocenters. The molecule has 0 bridgehead atoms. The lowest BCUT2D eigenvalue weighted by atomic mass is 9.70. The van der Waals surface area contributed by atoms with E-state index in [1.165, 1.54) is 89.6 Å². The number of rotatable bonds is 3. The molecule has 1 aromatic heterocycles. The fourth-order valence-electron chi connectivity index (χ4n) is 6.46. The third kappa shape index (κ3) is 3.97. The molecule has 33 heavy (non-hydrogen) atoms. The molecule has 4 aromatic rings. The molecule has 1 heterocycles. The average Bonchev–Trinajstić information content (AvgIpc) is 3.38.